The molecule has 0 saturated carbocycles. The number of hydrogen-bond acceptors (Lipinski definition) is 4. The first-order valence-electron chi connectivity index (χ1n) is 11.4. The van der Waals surface area contributed by atoms with Crippen LogP contribution in [0.3, 0.4) is 0 Å². The molecule has 9 heteroatoms. The molecule has 0 aliphatic carbocycles. The van der Waals surface area contributed by atoms with Crippen LogP contribution in [-0.4, -0.2) is 21.3 Å². The molecule has 0 heterocycles. The fourth-order valence-electron chi connectivity index (χ4n) is 3.52. The van der Waals surface area contributed by atoms with Gasteiger partial charge in [-0.15, -0.1) is 0 Å². The van der Waals surface area contributed by atoms with Crippen LogP contribution in [0.2, 0.25) is 0 Å². The molecule has 176 valence electrons. The smallest absolute Gasteiger partial charge is 0.302 e. The van der Waals surface area contributed by atoms with Gasteiger partial charge in [0.15, 0.2) is 0 Å². The molecule has 0 aromatic carbocycles. The third kappa shape index (κ3) is 21.3. The molecule has 0 spiro atoms. The van der Waals surface area contributed by atoms with Crippen molar-refractivity contribution in [2.75, 3.05) is 6.61 Å². The summed E-state index contributed by atoms with van der Waals surface area (Å²) in [7, 11) is -9.71. The second-order valence-electron chi connectivity index (χ2n) is 7.97. The molecule has 29 heavy (non-hydrogen) atoms. The number of rotatable bonds is 21. The predicted octanol–water partition coefficient (Wildman–Crippen LogP) is 7.11. The van der Waals surface area contributed by atoms with E-state index in [0.29, 0.717) is 6.42 Å². The van der Waals surface area contributed by atoms with Gasteiger partial charge in [0.2, 0.25) is 0 Å². The largest absolute Gasteiger partial charge is 0.481 e. The van der Waals surface area contributed by atoms with Crippen molar-refractivity contribution >= 4 is 15.6 Å². The van der Waals surface area contributed by atoms with E-state index in [1.165, 1.54) is 77.0 Å². The molecular weight excluding hydrogens is 414 g/mol. The molecule has 0 aromatic heterocycles. The van der Waals surface area contributed by atoms with E-state index in [0.717, 1.165) is 25.2 Å². The van der Waals surface area contributed by atoms with Gasteiger partial charge < -0.3 is 14.7 Å². The quantitative estimate of drug-likeness (QED) is 0.124. The van der Waals surface area contributed by atoms with E-state index in [1.54, 1.807) is 0 Å². The summed E-state index contributed by atoms with van der Waals surface area (Å²) in [5.74, 6) is 0.783. The minimum Gasteiger partial charge on any atom is -0.302 e. The van der Waals surface area contributed by atoms with Crippen molar-refractivity contribution in [3.05, 3.63) is 0 Å². The summed E-state index contributed by atoms with van der Waals surface area (Å²) in [5, 5.41) is 0. The van der Waals surface area contributed by atoms with Crippen LogP contribution in [0, 0.1) is 5.92 Å². The molecular formula is C20H44O7P2. The number of hydrogen-bond donors (Lipinski definition) is 3. The van der Waals surface area contributed by atoms with Gasteiger partial charge in [-0.05, 0) is 12.3 Å². The second-order valence-corrected chi connectivity index (χ2v) is 10.8. The highest BCUT2D eigenvalue weighted by molar-refractivity contribution is 7.60. The number of unbranched alkanes of at least 4 members (excludes halogenated alkanes) is 11. The maximum atomic E-state index is 11.3. The molecule has 2 unspecified atom stereocenters. The molecule has 0 radical (unpaired) electrons. The van der Waals surface area contributed by atoms with Gasteiger partial charge in [0.25, 0.3) is 0 Å². The van der Waals surface area contributed by atoms with E-state index >= 15 is 0 Å². The van der Waals surface area contributed by atoms with Crippen LogP contribution < -0.4 is 0 Å². The first-order chi connectivity index (χ1) is 13.7. The zero-order chi connectivity index (χ0) is 22.0. The van der Waals surface area contributed by atoms with Gasteiger partial charge in [0.05, 0.1) is 6.61 Å². The Morgan fingerprint density at radius 3 is 1.59 bits per heavy atom. The molecule has 0 saturated heterocycles. The Bertz CT molecular complexity index is 468. The van der Waals surface area contributed by atoms with Crippen molar-refractivity contribution in [2.45, 2.75) is 117 Å². The predicted molar refractivity (Wildman–Crippen MR) is 118 cm³/mol. The molecule has 2 atom stereocenters. The van der Waals surface area contributed by atoms with E-state index in [9.17, 15) is 9.13 Å². The standard InChI is InChI=1S/C20H44O7P2/c1-3-5-6-7-8-9-10-11-14-17-20(4-2)18-15-12-13-16-19-26-29(24,25)27-28(21,22)23/h20H,3-19H2,1-2H3,(H,24,25)(H2,21,22,23). The molecule has 3 N–H and O–H groups in total. The molecule has 7 nitrogen and oxygen atoms in total. The van der Waals surface area contributed by atoms with Crippen LogP contribution in [0.1, 0.15) is 117 Å². The fraction of sp³-hybridized carbons (Fsp3) is 1.00. The molecule has 0 amide bonds. The number of phosphoric ester groups is 1. The third-order valence-electron chi connectivity index (χ3n) is 5.26. The van der Waals surface area contributed by atoms with Crippen LogP contribution in [0.15, 0.2) is 0 Å². The normalized spacial score (nSPS) is 15.3. The van der Waals surface area contributed by atoms with Gasteiger partial charge in [0, 0.05) is 0 Å². The van der Waals surface area contributed by atoms with Gasteiger partial charge in [0.1, 0.15) is 0 Å². The average Bonchev–Trinajstić information content (AvgIpc) is 2.62. The summed E-state index contributed by atoms with van der Waals surface area (Å²) in [6.45, 7) is 4.46. The van der Waals surface area contributed by atoms with Gasteiger partial charge in [-0.25, -0.2) is 9.13 Å². The van der Waals surface area contributed by atoms with Crippen molar-refractivity contribution < 1.29 is 32.6 Å². The molecule has 0 rings (SSSR count). The monoisotopic (exact) mass is 458 g/mol. The summed E-state index contributed by atoms with van der Waals surface area (Å²) < 4.78 is 30.1. The van der Waals surface area contributed by atoms with E-state index < -0.39 is 15.6 Å². The fourth-order valence-corrected chi connectivity index (χ4v) is 5.15. The average molecular weight is 459 g/mol. The lowest BCUT2D eigenvalue weighted by Gasteiger charge is -2.15. The Balaban J connectivity index is 3.57. The van der Waals surface area contributed by atoms with Crippen LogP contribution in [0.25, 0.3) is 0 Å². The lowest BCUT2D eigenvalue weighted by Crippen LogP contribution is -2.00. The Labute approximate surface area is 177 Å². The highest BCUT2D eigenvalue weighted by Crippen LogP contribution is 2.57. The van der Waals surface area contributed by atoms with Crippen molar-refractivity contribution in [3.8, 4) is 0 Å². The molecule has 0 aromatic rings. The first-order valence-corrected chi connectivity index (χ1v) is 14.5. The van der Waals surface area contributed by atoms with Crippen LogP contribution in [0.4, 0.5) is 0 Å². The van der Waals surface area contributed by atoms with E-state index in [4.69, 9.17) is 14.7 Å². The first kappa shape index (κ1) is 29.3. The summed E-state index contributed by atoms with van der Waals surface area (Å²) >= 11 is 0. The highest BCUT2D eigenvalue weighted by atomic mass is 31.3. The third-order valence-corrected chi connectivity index (χ3v) is 7.45. The molecule has 0 aliphatic rings. The minimum atomic E-state index is -5.03. The SMILES string of the molecule is CCCCCCCCCCCC(CC)CCCCCCOP(=O)(O)OP(=O)(O)O. The lowest BCUT2D eigenvalue weighted by atomic mass is 9.92. The maximum Gasteiger partial charge on any atom is 0.481 e. The van der Waals surface area contributed by atoms with E-state index in [1.807, 2.05) is 0 Å². The summed E-state index contributed by atoms with van der Waals surface area (Å²) in [5.41, 5.74) is 0. The second kappa shape index (κ2) is 17.9. The van der Waals surface area contributed by atoms with E-state index in [2.05, 4.69) is 22.7 Å². The molecule has 0 aliphatic heterocycles. The molecule has 0 fully saturated rings. The van der Waals surface area contributed by atoms with Gasteiger partial charge in [-0.2, -0.15) is 4.31 Å². The summed E-state index contributed by atoms with van der Waals surface area (Å²) in [4.78, 5) is 26.2. The number of phosphoric acid groups is 2. The lowest BCUT2D eigenvalue weighted by molar-refractivity contribution is 0.175. The van der Waals surface area contributed by atoms with Gasteiger partial charge >= 0.3 is 15.6 Å². The van der Waals surface area contributed by atoms with Gasteiger partial charge in [-0.1, -0.05) is 110 Å². The maximum absolute atomic E-state index is 11.3. The highest BCUT2D eigenvalue weighted by Gasteiger charge is 2.31. The van der Waals surface area contributed by atoms with Crippen LogP contribution in [0.5, 0.6) is 0 Å². The zero-order valence-corrected chi connectivity index (χ0v) is 20.3. The van der Waals surface area contributed by atoms with Crippen molar-refractivity contribution in [1.29, 1.82) is 0 Å². The Morgan fingerprint density at radius 1 is 0.690 bits per heavy atom. The summed E-state index contributed by atoms with van der Waals surface area (Å²) in [6.07, 6.45) is 19.6. The zero-order valence-electron chi connectivity index (χ0n) is 18.5. The Morgan fingerprint density at radius 2 is 1.14 bits per heavy atom. The van der Waals surface area contributed by atoms with Crippen LogP contribution >= 0.6 is 15.6 Å². The van der Waals surface area contributed by atoms with Crippen molar-refractivity contribution in [2.24, 2.45) is 5.92 Å². The van der Waals surface area contributed by atoms with E-state index in [-0.39, 0.29) is 6.61 Å². The Kier molecular flexibility index (Phi) is 18.1. The minimum absolute atomic E-state index is 0.0522. The topological polar surface area (TPSA) is 113 Å². The van der Waals surface area contributed by atoms with Crippen LogP contribution in [-0.2, 0) is 18.0 Å². The van der Waals surface area contributed by atoms with Gasteiger partial charge in [-0.3, -0.25) is 4.52 Å². The van der Waals surface area contributed by atoms with Crippen molar-refractivity contribution in [1.82, 2.24) is 0 Å². The Hall–Kier alpha value is 0.260. The summed E-state index contributed by atoms with van der Waals surface area (Å²) in [6, 6.07) is 0. The van der Waals surface area contributed by atoms with Crippen molar-refractivity contribution in [3.63, 3.8) is 0 Å². The molecule has 0 bridgehead atoms.